The van der Waals surface area contributed by atoms with Crippen molar-refractivity contribution in [1.29, 1.82) is 0 Å². The highest BCUT2D eigenvalue weighted by molar-refractivity contribution is 6.35. The number of benzene rings is 2. The third-order valence-corrected chi connectivity index (χ3v) is 6.45. The van der Waals surface area contributed by atoms with Gasteiger partial charge >= 0.3 is 5.97 Å². The van der Waals surface area contributed by atoms with Crippen LogP contribution in [0.15, 0.2) is 36.4 Å². The van der Waals surface area contributed by atoms with E-state index in [1.165, 1.54) is 17.7 Å². The Morgan fingerprint density at radius 1 is 1.27 bits per heavy atom. The van der Waals surface area contributed by atoms with E-state index in [9.17, 15) is 14.0 Å². The Hall–Kier alpha value is -2.86. The van der Waals surface area contributed by atoms with Gasteiger partial charge in [0, 0.05) is 23.5 Å². The van der Waals surface area contributed by atoms with Crippen molar-refractivity contribution in [2.75, 3.05) is 6.61 Å². The number of hydrogen-bond acceptors (Lipinski definition) is 3. The van der Waals surface area contributed by atoms with Gasteiger partial charge in [0.15, 0.2) is 0 Å². The summed E-state index contributed by atoms with van der Waals surface area (Å²) in [5.41, 5.74) is 4.85. The zero-order valence-electron chi connectivity index (χ0n) is 18.9. The molecule has 33 heavy (non-hydrogen) atoms. The van der Waals surface area contributed by atoms with Crippen LogP contribution in [0.3, 0.4) is 0 Å². The van der Waals surface area contributed by atoms with Gasteiger partial charge in [0.2, 0.25) is 5.91 Å². The number of ether oxygens (including phenoxy) is 1. The Morgan fingerprint density at radius 2 is 2.09 bits per heavy atom. The second-order valence-corrected chi connectivity index (χ2v) is 9.00. The molecule has 0 radical (unpaired) electrons. The fraction of sp³-hybridized carbons (Fsp3) is 0.385. The number of carbonyl (C=O) groups excluding carboxylic acids is 2. The largest absolute Gasteiger partial charge is 0.465 e. The van der Waals surface area contributed by atoms with Crippen LogP contribution in [0.2, 0.25) is 5.02 Å². The molecule has 1 aromatic heterocycles. The zero-order chi connectivity index (χ0) is 23.5. The van der Waals surface area contributed by atoms with Crippen molar-refractivity contribution in [3.63, 3.8) is 0 Å². The van der Waals surface area contributed by atoms with Gasteiger partial charge in [-0.05, 0) is 62.8 Å². The van der Waals surface area contributed by atoms with E-state index in [2.05, 4.69) is 11.4 Å². The minimum atomic E-state index is -0.423. The maximum absolute atomic E-state index is 14.2. The summed E-state index contributed by atoms with van der Waals surface area (Å²) >= 11 is 6.40. The molecule has 5 nitrogen and oxygen atoms in total. The third-order valence-electron chi connectivity index (χ3n) is 6.16. The van der Waals surface area contributed by atoms with E-state index >= 15 is 0 Å². The van der Waals surface area contributed by atoms with Crippen molar-refractivity contribution in [2.24, 2.45) is 0 Å². The molecule has 1 N–H and O–H groups in total. The Morgan fingerprint density at radius 3 is 2.85 bits per heavy atom. The van der Waals surface area contributed by atoms with Gasteiger partial charge < -0.3 is 14.6 Å². The highest BCUT2D eigenvalue weighted by Gasteiger charge is 2.28. The monoisotopic (exact) mass is 470 g/mol. The lowest BCUT2D eigenvalue weighted by atomic mass is 9.91. The number of carbonyl (C=O) groups is 2. The number of nitrogens with zero attached hydrogens (tertiary/aromatic N) is 1. The second-order valence-electron chi connectivity index (χ2n) is 8.60. The Kier molecular flexibility index (Phi) is 7.03. The molecule has 1 heterocycles. The normalized spacial score (nSPS) is 15.3. The number of esters is 1. The van der Waals surface area contributed by atoms with Crippen molar-refractivity contribution >= 4 is 34.4 Å². The smallest absolute Gasteiger partial charge is 0.325 e. The Bertz CT molecular complexity index is 1200. The van der Waals surface area contributed by atoms with Gasteiger partial charge in [0.1, 0.15) is 12.4 Å². The van der Waals surface area contributed by atoms with Gasteiger partial charge in [0.05, 0.1) is 17.1 Å². The third kappa shape index (κ3) is 5.22. The number of fused-ring (bicyclic) bond motifs is 3. The molecule has 0 saturated heterocycles. The minimum Gasteiger partial charge on any atom is -0.465 e. The fourth-order valence-corrected chi connectivity index (χ4v) is 5.06. The first-order valence-electron chi connectivity index (χ1n) is 11.3. The summed E-state index contributed by atoms with van der Waals surface area (Å²) < 4.78 is 21.2. The van der Waals surface area contributed by atoms with Crippen LogP contribution in [0.1, 0.15) is 42.1 Å². The van der Waals surface area contributed by atoms with Crippen LogP contribution in [0.4, 0.5) is 4.39 Å². The molecule has 0 aliphatic heterocycles. The quantitative estimate of drug-likeness (QED) is 0.499. The summed E-state index contributed by atoms with van der Waals surface area (Å²) in [6.07, 6.45) is 3.06. The summed E-state index contributed by atoms with van der Waals surface area (Å²) in [6, 6.07) is 10.8. The van der Waals surface area contributed by atoms with E-state index in [1.807, 2.05) is 29.7 Å². The highest BCUT2D eigenvalue weighted by Crippen LogP contribution is 2.36. The minimum absolute atomic E-state index is 0.00410. The Balaban J connectivity index is 1.53. The summed E-state index contributed by atoms with van der Waals surface area (Å²) in [5, 5.41) is 4.10. The van der Waals surface area contributed by atoms with Crippen molar-refractivity contribution in [2.45, 2.75) is 58.5 Å². The summed E-state index contributed by atoms with van der Waals surface area (Å²) in [4.78, 5) is 24.8. The molecule has 2 aromatic carbocycles. The van der Waals surface area contributed by atoms with E-state index in [-0.39, 0.29) is 29.5 Å². The maximum Gasteiger partial charge on any atom is 0.325 e. The summed E-state index contributed by atoms with van der Waals surface area (Å²) in [6.45, 7) is 4.12. The first-order chi connectivity index (χ1) is 15.9. The predicted octanol–water partition coefficient (Wildman–Crippen LogP) is 4.91. The molecule has 0 spiro atoms. The van der Waals surface area contributed by atoms with Gasteiger partial charge in [-0.3, -0.25) is 9.59 Å². The molecule has 1 aliphatic carbocycles. The molecule has 4 rings (SSSR count). The standard InChI is InChI=1S/C26H28ClFN2O3/c1-3-33-25(32)15-30-23-9-8-19(14-20(23)21-12-18(28)13-22(27)26(21)30)29-24(31)10-7-17-6-4-5-16(2)11-17/h4-6,11-13,19H,3,7-10,14-15H2,1-2H3,(H,29,31). The van der Waals surface area contributed by atoms with E-state index in [0.29, 0.717) is 43.2 Å². The van der Waals surface area contributed by atoms with Gasteiger partial charge in [-0.25, -0.2) is 4.39 Å². The van der Waals surface area contributed by atoms with Crippen LogP contribution >= 0.6 is 11.6 Å². The molecule has 0 bridgehead atoms. The van der Waals surface area contributed by atoms with Crippen molar-refractivity contribution in [1.82, 2.24) is 9.88 Å². The molecule has 0 saturated carbocycles. The van der Waals surface area contributed by atoms with Gasteiger partial charge in [-0.15, -0.1) is 0 Å². The number of amides is 1. The van der Waals surface area contributed by atoms with Crippen LogP contribution in [0.5, 0.6) is 0 Å². The van der Waals surface area contributed by atoms with Crippen LogP contribution in [0.25, 0.3) is 10.9 Å². The predicted molar refractivity (Wildman–Crippen MR) is 127 cm³/mol. The van der Waals surface area contributed by atoms with Gasteiger partial charge in [-0.2, -0.15) is 0 Å². The molecule has 1 unspecified atom stereocenters. The average molecular weight is 471 g/mol. The fourth-order valence-electron chi connectivity index (χ4n) is 4.76. The van der Waals surface area contributed by atoms with Crippen molar-refractivity contribution in [3.8, 4) is 0 Å². The highest BCUT2D eigenvalue weighted by atomic mass is 35.5. The van der Waals surface area contributed by atoms with Crippen LogP contribution in [-0.2, 0) is 40.1 Å². The first-order valence-corrected chi connectivity index (χ1v) is 11.7. The molecule has 7 heteroatoms. The lowest BCUT2D eigenvalue weighted by Crippen LogP contribution is -2.39. The summed E-state index contributed by atoms with van der Waals surface area (Å²) in [7, 11) is 0. The Labute approximate surface area is 197 Å². The average Bonchev–Trinajstić information content (AvgIpc) is 3.05. The lowest BCUT2D eigenvalue weighted by molar-refractivity contribution is -0.143. The molecule has 3 aromatic rings. The topological polar surface area (TPSA) is 60.3 Å². The molecular formula is C26H28ClFN2O3. The summed E-state index contributed by atoms with van der Waals surface area (Å²) in [5.74, 6) is -0.776. The second kappa shape index (κ2) is 9.96. The SMILES string of the molecule is CCOC(=O)Cn1c2c(c3cc(F)cc(Cl)c31)CC(NC(=O)CCc1cccc(C)c1)CC2. The number of aromatic nitrogens is 1. The van der Waals surface area contributed by atoms with Crippen LogP contribution in [0, 0.1) is 12.7 Å². The van der Waals surface area contributed by atoms with E-state index < -0.39 is 5.82 Å². The number of nitrogens with one attached hydrogen (secondary N) is 1. The number of rotatable bonds is 7. The first kappa shape index (κ1) is 23.3. The molecule has 174 valence electrons. The number of hydrogen-bond donors (Lipinski definition) is 1. The maximum atomic E-state index is 14.2. The van der Waals surface area contributed by atoms with Gasteiger partial charge in [0.25, 0.3) is 0 Å². The van der Waals surface area contributed by atoms with Crippen LogP contribution in [-0.4, -0.2) is 29.1 Å². The molecule has 1 amide bonds. The number of aryl methyl sites for hydroxylation is 2. The van der Waals surface area contributed by atoms with Crippen molar-refractivity contribution < 1.29 is 18.7 Å². The van der Waals surface area contributed by atoms with E-state index in [1.54, 1.807) is 6.92 Å². The van der Waals surface area contributed by atoms with Gasteiger partial charge in [-0.1, -0.05) is 41.4 Å². The molecular weight excluding hydrogens is 443 g/mol. The van der Waals surface area contributed by atoms with Crippen molar-refractivity contribution in [3.05, 3.63) is 69.6 Å². The molecule has 1 atom stereocenters. The van der Waals surface area contributed by atoms with Crippen LogP contribution < -0.4 is 5.32 Å². The number of halogens is 2. The molecule has 1 aliphatic rings. The van der Waals surface area contributed by atoms with E-state index in [4.69, 9.17) is 16.3 Å². The zero-order valence-corrected chi connectivity index (χ0v) is 19.7. The lowest BCUT2D eigenvalue weighted by Gasteiger charge is -2.25. The van der Waals surface area contributed by atoms with E-state index in [0.717, 1.165) is 23.2 Å². The molecule has 0 fully saturated rings.